The van der Waals surface area contributed by atoms with Crippen molar-refractivity contribution in [3.8, 4) is 0 Å². The summed E-state index contributed by atoms with van der Waals surface area (Å²) in [4.78, 5) is 18.8. The molecule has 2 unspecified atom stereocenters. The van der Waals surface area contributed by atoms with Crippen LogP contribution in [0, 0.1) is 5.92 Å². The minimum Gasteiger partial charge on any atom is -0.337 e. The molecular formula is C15H20BrN3O. The van der Waals surface area contributed by atoms with Crippen LogP contribution in [-0.4, -0.2) is 41.5 Å². The highest BCUT2D eigenvalue weighted by Crippen LogP contribution is 2.26. The Bertz CT molecular complexity index is 488. The van der Waals surface area contributed by atoms with Gasteiger partial charge in [-0.25, -0.2) is 4.98 Å². The van der Waals surface area contributed by atoms with Crippen LogP contribution >= 0.6 is 15.9 Å². The van der Waals surface area contributed by atoms with E-state index in [1.54, 1.807) is 6.20 Å². The van der Waals surface area contributed by atoms with Crippen LogP contribution in [-0.2, 0) is 0 Å². The number of halogens is 1. The monoisotopic (exact) mass is 337 g/mol. The number of hydrogen-bond acceptors (Lipinski definition) is 3. The molecule has 3 heterocycles. The Labute approximate surface area is 128 Å². The lowest BCUT2D eigenvalue weighted by molar-refractivity contribution is 0.0644. The highest BCUT2D eigenvalue weighted by Gasteiger charge is 2.31. The van der Waals surface area contributed by atoms with Crippen molar-refractivity contribution in [1.29, 1.82) is 0 Å². The highest BCUT2D eigenvalue weighted by atomic mass is 79.9. The summed E-state index contributed by atoms with van der Waals surface area (Å²) in [6.45, 7) is 2.84. The summed E-state index contributed by atoms with van der Waals surface area (Å²) in [6, 6.07) is 4.31. The van der Waals surface area contributed by atoms with E-state index in [9.17, 15) is 4.79 Å². The van der Waals surface area contributed by atoms with Gasteiger partial charge in [-0.15, -0.1) is 0 Å². The molecule has 0 bridgehead atoms. The Balaban J connectivity index is 1.70. The molecule has 1 N–H and O–H groups in total. The van der Waals surface area contributed by atoms with Gasteiger partial charge in [0.05, 0.1) is 0 Å². The van der Waals surface area contributed by atoms with Gasteiger partial charge in [-0.2, -0.15) is 0 Å². The molecule has 0 saturated carbocycles. The van der Waals surface area contributed by atoms with Crippen molar-refractivity contribution in [2.75, 3.05) is 19.6 Å². The number of likely N-dealkylation sites (tertiary alicyclic amines) is 1. The molecule has 2 atom stereocenters. The van der Waals surface area contributed by atoms with Gasteiger partial charge in [-0.3, -0.25) is 4.79 Å². The third kappa shape index (κ3) is 2.88. The Morgan fingerprint density at radius 1 is 1.40 bits per heavy atom. The van der Waals surface area contributed by atoms with Gasteiger partial charge >= 0.3 is 0 Å². The molecule has 20 heavy (non-hydrogen) atoms. The smallest absolute Gasteiger partial charge is 0.273 e. The Kier molecular flexibility index (Phi) is 4.36. The molecule has 2 aliphatic rings. The maximum Gasteiger partial charge on any atom is 0.273 e. The second kappa shape index (κ2) is 6.22. The number of nitrogens with one attached hydrogen (secondary N) is 1. The first-order valence-electron chi connectivity index (χ1n) is 7.39. The van der Waals surface area contributed by atoms with E-state index in [-0.39, 0.29) is 5.91 Å². The maximum absolute atomic E-state index is 12.6. The zero-order valence-corrected chi connectivity index (χ0v) is 13.1. The fourth-order valence-corrected chi connectivity index (χ4v) is 3.75. The molecule has 108 valence electrons. The van der Waals surface area contributed by atoms with Gasteiger partial charge in [0.25, 0.3) is 5.91 Å². The molecule has 5 heteroatoms. The van der Waals surface area contributed by atoms with Crippen LogP contribution in [0.1, 0.15) is 36.2 Å². The third-order valence-electron chi connectivity index (χ3n) is 4.37. The summed E-state index contributed by atoms with van der Waals surface area (Å²) in [6.07, 6.45) is 6.52. The predicted molar refractivity (Wildman–Crippen MR) is 81.6 cm³/mol. The molecule has 2 fully saturated rings. The molecule has 2 saturated heterocycles. The van der Waals surface area contributed by atoms with E-state index >= 15 is 0 Å². The summed E-state index contributed by atoms with van der Waals surface area (Å²) in [7, 11) is 0. The predicted octanol–water partition coefficient (Wildman–Crippen LogP) is 2.45. The molecule has 1 aromatic heterocycles. The standard InChI is InChI=1S/C15H20BrN3O/c16-12-5-1-8-18-14(12)15(20)19-9-3-4-11(10-19)13-6-2-7-17-13/h1,5,8,11,13,17H,2-4,6-7,9-10H2. The third-order valence-corrected chi connectivity index (χ3v) is 5.01. The van der Waals surface area contributed by atoms with Gasteiger partial charge in [0.2, 0.25) is 0 Å². The van der Waals surface area contributed by atoms with E-state index in [0.717, 1.165) is 30.5 Å². The number of piperidine rings is 1. The molecule has 1 aromatic rings. The molecule has 2 aliphatic heterocycles. The number of pyridine rings is 1. The number of nitrogens with zero attached hydrogens (tertiary/aromatic N) is 2. The van der Waals surface area contributed by atoms with Gasteiger partial charge in [-0.05, 0) is 66.2 Å². The van der Waals surface area contributed by atoms with Gasteiger partial charge in [-0.1, -0.05) is 0 Å². The van der Waals surface area contributed by atoms with Crippen LogP contribution in [0.5, 0.6) is 0 Å². The average Bonchev–Trinajstić information content (AvgIpc) is 3.01. The fourth-order valence-electron chi connectivity index (χ4n) is 3.33. The van der Waals surface area contributed by atoms with Crippen LogP contribution in [0.3, 0.4) is 0 Å². The van der Waals surface area contributed by atoms with Gasteiger partial charge in [0, 0.05) is 29.8 Å². The molecular weight excluding hydrogens is 318 g/mol. The average molecular weight is 338 g/mol. The van der Waals surface area contributed by atoms with Crippen molar-refractivity contribution in [1.82, 2.24) is 15.2 Å². The summed E-state index contributed by atoms with van der Waals surface area (Å²) >= 11 is 3.42. The SMILES string of the molecule is O=C(c1ncccc1Br)N1CCCC(C2CCCN2)C1. The number of carbonyl (C=O) groups is 1. The molecule has 0 aliphatic carbocycles. The van der Waals surface area contributed by atoms with Crippen LogP contribution in [0.25, 0.3) is 0 Å². The number of amides is 1. The topological polar surface area (TPSA) is 45.2 Å². The zero-order valence-electron chi connectivity index (χ0n) is 11.5. The normalized spacial score (nSPS) is 26.8. The molecule has 0 spiro atoms. The van der Waals surface area contributed by atoms with Crippen molar-refractivity contribution < 1.29 is 4.79 Å². The summed E-state index contributed by atoms with van der Waals surface area (Å²) in [5.74, 6) is 0.651. The fraction of sp³-hybridized carbons (Fsp3) is 0.600. The van der Waals surface area contributed by atoms with E-state index in [0.29, 0.717) is 17.7 Å². The highest BCUT2D eigenvalue weighted by molar-refractivity contribution is 9.10. The van der Waals surface area contributed by atoms with Crippen LogP contribution < -0.4 is 5.32 Å². The molecule has 3 rings (SSSR count). The van der Waals surface area contributed by atoms with Crippen molar-refractivity contribution in [2.45, 2.75) is 31.7 Å². The Hall–Kier alpha value is -0.940. The summed E-state index contributed by atoms with van der Waals surface area (Å²) < 4.78 is 0.783. The first-order chi connectivity index (χ1) is 9.75. The lowest BCUT2D eigenvalue weighted by Crippen LogP contribution is -2.46. The van der Waals surface area contributed by atoms with Gasteiger partial charge < -0.3 is 10.2 Å². The first kappa shape index (κ1) is 14.0. The van der Waals surface area contributed by atoms with Crippen molar-refractivity contribution in [3.63, 3.8) is 0 Å². The molecule has 1 amide bonds. The largest absolute Gasteiger partial charge is 0.337 e. The van der Waals surface area contributed by atoms with Crippen molar-refractivity contribution >= 4 is 21.8 Å². The lowest BCUT2D eigenvalue weighted by atomic mass is 9.89. The number of aromatic nitrogens is 1. The first-order valence-corrected chi connectivity index (χ1v) is 8.18. The second-order valence-corrected chi connectivity index (χ2v) is 6.54. The van der Waals surface area contributed by atoms with Crippen LogP contribution in [0.2, 0.25) is 0 Å². The van der Waals surface area contributed by atoms with E-state index in [2.05, 4.69) is 26.2 Å². The number of hydrogen-bond donors (Lipinski definition) is 1. The quantitative estimate of drug-likeness (QED) is 0.901. The van der Waals surface area contributed by atoms with E-state index in [4.69, 9.17) is 0 Å². The summed E-state index contributed by atoms with van der Waals surface area (Å²) in [5.41, 5.74) is 0.535. The molecule has 0 radical (unpaired) electrons. The van der Waals surface area contributed by atoms with E-state index < -0.39 is 0 Å². The lowest BCUT2D eigenvalue weighted by Gasteiger charge is -2.35. The van der Waals surface area contributed by atoms with Crippen LogP contribution in [0.15, 0.2) is 22.8 Å². The van der Waals surface area contributed by atoms with E-state index in [1.807, 2.05) is 17.0 Å². The van der Waals surface area contributed by atoms with Crippen molar-refractivity contribution in [2.24, 2.45) is 5.92 Å². The van der Waals surface area contributed by atoms with Gasteiger partial charge in [0.1, 0.15) is 5.69 Å². The summed E-state index contributed by atoms with van der Waals surface area (Å²) in [5, 5.41) is 3.57. The van der Waals surface area contributed by atoms with Crippen molar-refractivity contribution in [3.05, 3.63) is 28.5 Å². The maximum atomic E-state index is 12.6. The minimum absolute atomic E-state index is 0.0557. The Morgan fingerprint density at radius 3 is 3.05 bits per heavy atom. The number of carbonyl (C=O) groups excluding carboxylic acids is 1. The molecule has 0 aromatic carbocycles. The second-order valence-electron chi connectivity index (χ2n) is 5.69. The minimum atomic E-state index is 0.0557. The van der Waals surface area contributed by atoms with E-state index in [1.165, 1.54) is 19.3 Å². The Morgan fingerprint density at radius 2 is 2.30 bits per heavy atom. The molecule has 4 nitrogen and oxygen atoms in total. The van der Waals surface area contributed by atoms with Crippen LogP contribution in [0.4, 0.5) is 0 Å². The zero-order chi connectivity index (χ0) is 13.9. The number of rotatable bonds is 2. The van der Waals surface area contributed by atoms with Gasteiger partial charge in [0.15, 0.2) is 0 Å².